The molecule has 1 aliphatic heterocycles. The third-order valence-corrected chi connectivity index (χ3v) is 5.64. The molecule has 2 heterocycles. The summed E-state index contributed by atoms with van der Waals surface area (Å²) in [7, 11) is 0. The van der Waals surface area contributed by atoms with Crippen LogP contribution in [-0.4, -0.2) is 57.7 Å². The van der Waals surface area contributed by atoms with Crippen LogP contribution < -0.4 is 5.32 Å². The van der Waals surface area contributed by atoms with Crippen LogP contribution in [0.15, 0.2) is 60.8 Å². The monoisotopic (exact) mass is 491 g/mol. The number of anilines is 1. The van der Waals surface area contributed by atoms with Gasteiger partial charge in [0.1, 0.15) is 0 Å². The van der Waals surface area contributed by atoms with Crippen molar-refractivity contribution in [3.8, 4) is 5.69 Å². The van der Waals surface area contributed by atoms with Gasteiger partial charge in [0, 0.05) is 48.6 Å². The van der Waals surface area contributed by atoms with E-state index in [0.29, 0.717) is 54.6 Å². The van der Waals surface area contributed by atoms with Crippen molar-refractivity contribution < 1.29 is 22.8 Å². The summed E-state index contributed by atoms with van der Waals surface area (Å²) in [4.78, 5) is 28.9. The molecular formula is C23H21ClF3N5O2. The van der Waals surface area contributed by atoms with Gasteiger partial charge in [0.05, 0.1) is 5.69 Å². The molecule has 0 bridgehead atoms. The molecule has 1 N–H and O–H groups in total. The van der Waals surface area contributed by atoms with E-state index in [2.05, 4.69) is 10.4 Å². The van der Waals surface area contributed by atoms with Gasteiger partial charge in [0.25, 0.3) is 5.91 Å². The lowest BCUT2D eigenvalue weighted by atomic mass is 10.1. The second-order valence-electron chi connectivity index (χ2n) is 7.76. The Morgan fingerprint density at radius 1 is 0.941 bits per heavy atom. The van der Waals surface area contributed by atoms with Crippen LogP contribution in [0, 0.1) is 0 Å². The highest BCUT2D eigenvalue weighted by Crippen LogP contribution is 2.28. The highest BCUT2D eigenvalue weighted by atomic mass is 35.5. The minimum absolute atomic E-state index is 0.208. The molecule has 7 nitrogen and oxygen atoms in total. The van der Waals surface area contributed by atoms with Gasteiger partial charge in [0.15, 0.2) is 5.69 Å². The predicted octanol–water partition coefficient (Wildman–Crippen LogP) is 4.92. The molecule has 1 fully saturated rings. The molecule has 4 rings (SSSR count). The Kier molecular flexibility index (Phi) is 6.78. The first-order valence-electron chi connectivity index (χ1n) is 10.5. The first-order chi connectivity index (χ1) is 16.2. The minimum Gasteiger partial charge on any atom is -0.337 e. The van der Waals surface area contributed by atoms with Crippen molar-refractivity contribution in [3.05, 3.63) is 77.1 Å². The molecule has 178 valence electrons. The fourth-order valence-corrected chi connectivity index (χ4v) is 3.84. The summed E-state index contributed by atoms with van der Waals surface area (Å²) < 4.78 is 39.4. The molecule has 0 radical (unpaired) electrons. The number of hydrogen-bond donors (Lipinski definition) is 1. The number of amides is 3. The van der Waals surface area contributed by atoms with Crippen LogP contribution in [0.4, 0.5) is 23.7 Å². The van der Waals surface area contributed by atoms with E-state index in [4.69, 9.17) is 11.6 Å². The lowest BCUT2D eigenvalue weighted by Crippen LogP contribution is -2.39. The molecule has 1 saturated heterocycles. The molecule has 2 aromatic carbocycles. The van der Waals surface area contributed by atoms with E-state index in [1.165, 1.54) is 6.20 Å². The SMILES string of the molecule is O=C(Nc1cccc(Cl)c1)N1CCCN(C(=O)c2ccc(-n3ccc(C(F)(F)F)n3)cc2)CC1. The molecule has 3 aromatic rings. The van der Waals surface area contributed by atoms with Crippen LogP contribution >= 0.6 is 11.6 Å². The normalized spacial score (nSPS) is 14.6. The quantitative estimate of drug-likeness (QED) is 0.565. The fraction of sp³-hybridized carbons (Fsp3) is 0.261. The van der Waals surface area contributed by atoms with Crippen molar-refractivity contribution in [2.24, 2.45) is 0 Å². The first kappa shape index (κ1) is 23.6. The Balaban J connectivity index is 1.37. The molecule has 0 aliphatic carbocycles. The van der Waals surface area contributed by atoms with E-state index in [1.54, 1.807) is 58.3 Å². The van der Waals surface area contributed by atoms with Crippen molar-refractivity contribution in [2.75, 3.05) is 31.5 Å². The molecule has 0 unspecified atom stereocenters. The zero-order valence-corrected chi connectivity index (χ0v) is 18.7. The number of benzene rings is 2. The van der Waals surface area contributed by atoms with Gasteiger partial charge >= 0.3 is 12.2 Å². The Morgan fingerprint density at radius 2 is 1.65 bits per heavy atom. The maximum absolute atomic E-state index is 13.0. The number of halogens is 4. The summed E-state index contributed by atoms with van der Waals surface area (Å²) in [6.07, 6.45) is -2.69. The van der Waals surface area contributed by atoms with E-state index in [1.807, 2.05) is 0 Å². The van der Waals surface area contributed by atoms with Gasteiger partial charge in [-0.1, -0.05) is 17.7 Å². The maximum atomic E-state index is 13.0. The predicted molar refractivity (Wildman–Crippen MR) is 121 cm³/mol. The molecule has 3 amide bonds. The van der Waals surface area contributed by atoms with Gasteiger partial charge in [0.2, 0.25) is 0 Å². The van der Waals surface area contributed by atoms with Crippen molar-refractivity contribution in [3.63, 3.8) is 0 Å². The molecule has 11 heteroatoms. The molecular weight excluding hydrogens is 471 g/mol. The Morgan fingerprint density at radius 3 is 2.32 bits per heavy atom. The molecule has 0 atom stereocenters. The highest BCUT2D eigenvalue weighted by Gasteiger charge is 2.33. The van der Waals surface area contributed by atoms with Crippen LogP contribution in [0.5, 0.6) is 0 Å². The number of nitrogens with one attached hydrogen (secondary N) is 1. The molecule has 0 saturated carbocycles. The smallest absolute Gasteiger partial charge is 0.337 e. The molecule has 1 aromatic heterocycles. The average molecular weight is 492 g/mol. The molecule has 34 heavy (non-hydrogen) atoms. The topological polar surface area (TPSA) is 70.5 Å². The Bertz CT molecular complexity index is 1180. The summed E-state index contributed by atoms with van der Waals surface area (Å²) in [6, 6.07) is 13.7. The summed E-state index contributed by atoms with van der Waals surface area (Å²) in [5, 5.41) is 6.86. The highest BCUT2D eigenvalue weighted by molar-refractivity contribution is 6.30. The Labute approximate surface area is 198 Å². The van der Waals surface area contributed by atoms with E-state index in [-0.39, 0.29) is 11.9 Å². The first-order valence-corrected chi connectivity index (χ1v) is 10.9. The molecule has 0 spiro atoms. The second kappa shape index (κ2) is 9.76. The van der Waals surface area contributed by atoms with Crippen LogP contribution in [0.1, 0.15) is 22.5 Å². The number of carbonyl (C=O) groups excluding carboxylic acids is 2. The fourth-order valence-electron chi connectivity index (χ4n) is 3.65. The van der Waals surface area contributed by atoms with Crippen molar-refractivity contribution in [1.82, 2.24) is 19.6 Å². The summed E-state index contributed by atoms with van der Waals surface area (Å²) in [5.41, 5.74) is 0.422. The average Bonchev–Trinajstić information content (AvgIpc) is 3.18. The van der Waals surface area contributed by atoms with Crippen LogP contribution in [-0.2, 0) is 6.18 Å². The maximum Gasteiger partial charge on any atom is 0.435 e. The summed E-state index contributed by atoms with van der Waals surface area (Å²) in [5.74, 6) is -0.208. The van der Waals surface area contributed by atoms with Crippen molar-refractivity contribution in [2.45, 2.75) is 12.6 Å². The third kappa shape index (κ3) is 5.51. The zero-order chi connectivity index (χ0) is 24.3. The largest absolute Gasteiger partial charge is 0.435 e. The number of aromatic nitrogens is 2. The van der Waals surface area contributed by atoms with Gasteiger partial charge in [-0.3, -0.25) is 4.79 Å². The molecule has 1 aliphatic rings. The van der Waals surface area contributed by atoms with Gasteiger partial charge in [-0.15, -0.1) is 0 Å². The number of nitrogens with zero attached hydrogens (tertiary/aromatic N) is 4. The summed E-state index contributed by atoms with van der Waals surface area (Å²) in [6.45, 7) is 1.70. The van der Waals surface area contributed by atoms with E-state index in [9.17, 15) is 22.8 Å². The van der Waals surface area contributed by atoms with Crippen LogP contribution in [0.25, 0.3) is 5.69 Å². The Hall–Kier alpha value is -3.53. The summed E-state index contributed by atoms with van der Waals surface area (Å²) >= 11 is 5.96. The second-order valence-corrected chi connectivity index (χ2v) is 8.20. The number of urea groups is 1. The van der Waals surface area contributed by atoms with Crippen molar-refractivity contribution in [1.29, 1.82) is 0 Å². The van der Waals surface area contributed by atoms with Gasteiger partial charge in [-0.05, 0) is 55.0 Å². The number of alkyl halides is 3. The van der Waals surface area contributed by atoms with Crippen LogP contribution in [0.3, 0.4) is 0 Å². The minimum atomic E-state index is -4.52. The van der Waals surface area contributed by atoms with Crippen molar-refractivity contribution >= 4 is 29.2 Å². The van der Waals surface area contributed by atoms with Gasteiger partial charge < -0.3 is 15.1 Å². The standard InChI is InChI=1S/C23H21ClF3N5O2/c24-17-3-1-4-18(15-17)28-22(34)31-11-2-10-30(13-14-31)21(33)16-5-7-19(8-6-16)32-12-9-20(29-32)23(25,26)27/h1,3-9,12,15H,2,10-11,13-14H2,(H,28,34). The van der Waals surface area contributed by atoms with E-state index < -0.39 is 11.9 Å². The van der Waals surface area contributed by atoms with E-state index in [0.717, 1.165) is 10.7 Å². The van der Waals surface area contributed by atoms with E-state index >= 15 is 0 Å². The number of hydrogen-bond acceptors (Lipinski definition) is 3. The van der Waals surface area contributed by atoms with Gasteiger partial charge in [-0.2, -0.15) is 18.3 Å². The number of rotatable bonds is 3. The van der Waals surface area contributed by atoms with Gasteiger partial charge in [-0.25, -0.2) is 9.48 Å². The zero-order valence-electron chi connectivity index (χ0n) is 17.9. The lowest BCUT2D eigenvalue weighted by molar-refractivity contribution is -0.141. The lowest BCUT2D eigenvalue weighted by Gasteiger charge is -2.22. The number of carbonyl (C=O) groups is 2. The van der Waals surface area contributed by atoms with Crippen LogP contribution in [0.2, 0.25) is 5.02 Å². The third-order valence-electron chi connectivity index (χ3n) is 5.40.